The van der Waals surface area contributed by atoms with Crippen molar-refractivity contribution in [1.29, 1.82) is 0 Å². The smallest absolute Gasteiger partial charge is 0.0594 e. The van der Waals surface area contributed by atoms with Gasteiger partial charge < -0.3 is 10.1 Å². The van der Waals surface area contributed by atoms with E-state index in [0.717, 1.165) is 32.2 Å². The van der Waals surface area contributed by atoms with Crippen LogP contribution in [0.15, 0.2) is 0 Å². The van der Waals surface area contributed by atoms with Gasteiger partial charge in [0.1, 0.15) is 0 Å². The van der Waals surface area contributed by atoms with Crippen molar-refractivity contribution in [2.24, 2.45) is 5.92 Å². The van der Waals surface area contributed by atoms with Gasteiger partial charge in [0.05, 0.1) is 13.2 Å². The number of nitrogens with one attached hydrogen (secondary N) is 1. The monoisotopic (exact) mass is 298 g/mol. The maximum atomic E-state index is 5.55. The van der Waals surface area contributed by atoms with Crippen LogP contribution in [0.3, 0.4) is 0 Å². The Labute approximate surface area is 132 Å². The first-order valence-electron chi connectivity index (χ1n) is 9.12. The average Bonchev–Trinajstić information content (AvgIpc) is 2.55. The van der Waals surface area contributed by atoms with Crippen molar-refractivity contribution in [3.8, 4) is 0 Å². The van der Waals surface area contributed by atoms with Gasteiger partial charge in [-0.1, -0.05) is 46.5 Å². The molecule has 0 saturated carbocycles. The van der Waals surface area contributed by atoms with E-state index in [0.29, 0.717) is 6.04 Å². The number of nitrogens with zero attached hydrogens (tertiary/aromatic N) is 1. The summed E-state index contributed by atoms with van der Waals surface area (Å²) in [5.74, 6) is 0.856. The molecule has 0 spiro atoms. The van der Waals surface area contributed by atoms with Crippen LogP contribution in [0.4, 0.5) is 0 Å². The van der Waals surface area contributed by atoms with E-state index in [9.17, 15) is 0 Å². The van der Waals surface area contributed by atoms with Crippen LogP contribution < -0.4 is 5.32 Å². The number of unbranched alkanes of at least 4 members (excludes halogenated alkanes) is 1. The predicted molar refractivity (Wildman–Crippen MR) is 91.9 cm³/mol. The van der Waals surface area contributed by atoms with Gasteiger partial charge in [-0.2, -0.15) is 0 Å². The minimum absolute atomic E-state index is 0.248. The summed E-state index contributed by atoms with van der Waals surface area (Å²) >= 11 is 0. The fourth-order valence-electron chi connectivity index (χ4n) is 3.76. The van der Waals surface area contributed by atoms with Gasteiger partial charge in [0, 0.05) is 24.7 Å². The van der Waals surface area contributed by atoms with E-state index >= 15 is 0 Å². The maximum Gasteiger partial charge on any atom is 0.0594 e. The van der Waals surface area contributed by atoms with E-state index in [2.05, 4.69) is 45.0 Å². The molecule has 0 radical (unpaired) electrons. The Morgan fingerprint density at radius 2 is 1.86 bits per heavy atom. The van der Waals surface area contributed by atoms with E-state index in [4.69, 9.17) is 4.74 Å². The second-order valence-electron chi connectivity index (χ2n) is 6.80. The Bertz CT molecular complexity index is 266. The quantitative estimate of drug-likeness (QED) is 0.666. The minimum Gasteiger partial charge on any atom is -0.379 e. The first-order chi connectivity index (χ1) is 10.1. The SMILES string of the molecule is CCCCC(CC)CC(NC)C(C)(CC)N1CCOCC1. The molecule has 1 fully saturated rings. The molecule has 3 atom stereocenters. The molecular formula is C18H38N2O. The molecule has 0 bridgehead atoms. The summed E-state index contributed by atoms with van der Waals surface area (Å²) in [5, 5.41) is 3.65. The lowest BCUT2D eigenvalue weighted by Crippen LogP contribution is -2.61. The lowest BCUT2D eigenvalue weighted by Gasteiger charge is -2.48. The third-order valence-corrected chi connectivity index (χ3v) is 5.66. The molecule has 3 heteroatoms. The largest absolute Gasteiger partial charge is 0.379 e. The van der Waals surface area contributed by atoms with Gasteiger partial charge >= 0.3 is 0 Å². The number of hydrogen-bond acceptors (Lipinski definition) is 3. The maximum absolute atomic E-state index is 5.55. The molecular weight excluding hydrogens is 260 g/mol. The molecule has 1 rings (SSSR count). The lowest BCUT2D eigenvalue weighted by molar-refractivity contribution is -0.0347. The van der Waals surface area contributed by atoms with Crippen LogP contribution in [0.25, 0.3) is 0 Å². The van der Waals surface area contributed by atoms with Gasteiger partial charge in [-0.3, -0.25) is 4.90 Å². The first-order valence-corrected chi connectivity index (χ1v) is 9.12. The van der Waals surface area contributed by atoms with Crippen LogP contribution >= 0.6 is 0 Å². The van der Waals surface area contributed by atoms with Gasteiger partial charge in [0.2, 0.25) is 0 Å². The number of likely N-dealkylation sites (N-methyl/N-ethyl adjacent to an activating group) is 1. The van der Waals surface area contributed by atoms with Crippen molar-refractivity contribution < 1.29 is 4.74 Å². The van der Waals surface area contributed by atoms with Crippen LogP contribution in [0.2, 0.25) is 0 Å². The highest BCUT2D eigenvalue weighted by Crippen LogP contribution is 2.30. The average molecular weight is 299 g/mol. The summed E-state index contributed by atoms with van der Waals surface area (Å²) in [5.41, 5.74) is 0.248. The van der Waals surface area contributed by atoms with Crippen LogP contribution in [-0.4, -0.2) is 49.8 Å². The molecule has 0 aromatic heterocycles. The van der Waals surface area contributed by atoms with Crippen LogP contribution in [-0.2, 0) is 4.74 Å². The number of ether oxygens (including phenoxy) is 1. The van der Waals surface area contributed by atoms with Gasteiger partial charge in [-0.25, -0.2) is 0 Å². The van der Waals surface area contributed by atoms with E-state index < -0.39 is 0 Å². The molecule has 3 nitrogen and oxygen atoms in total. The van der Waals surface area contributed by atoms with Gasteiger partial charge in [-0.05, 0) is 32.7 Å². The third-order valence-electron chi connectivity index (χ3n) is 5.66. The number of hydrogen-bond donors (Lipinski definition) is 1. The van der Waals surface area contributed by atoms with Gasteiger partial charge in [0.15, 0.2) is 0 Å². The van der Waals surface area contributed by atoms with Crippen molar-refractivity contribution in [3.05, 3.63) is 0 Å². The molecule has 1 N–H and O–H groups in total. The van der Waals surface area contributed by atoms with Gasteiger partial charge in [-0.15, -0.1) is 0 Å². The Hall–Kier alpha value is -0.120. The van der Waals surface area contributed by atoms with Crippen molar-refractivity contribution in [2.45, 2.75) is 77.8 Å². The van der Waals surface area contributed by atoms with Crippen molar-refractivity contribution in [2.75, 3.05) is 33.4 Å². The molecule has 0 aliphatic carbocycles. The zero-order valence-electron chi connectivity index (χ0n) is 15.1. The summed E-state index contributed by atoms with van der Waals surface area (Å²) in [6, 6.07) is 0.572. The van der Waals surface area contributed by atoms with Crippen molar-refractivity contribution >= 4 is 0 Å². The normalized spacial score (nSPS) is 22.7. The molecule has 1 saturated heterocycles. The zero-order chi connectivity index (χ0) is 15.7. The molecule has 3 unspecified atom stereocenters. The Kier molecular flexibility index (Phi) is 8.84. The van der Waals surface area contributed by atoms with Crippen molar-refractivity contribution in [1.82, 2.24) is 10.2 Å². The summed E-state index contributed by atoms with van der Waals surface area (Å²) in [4.78, 5) is 2.66. The molecule has 0 aromatic rings. The second kappa shape index (κ2) is 9.81. The van der Waals surface area contributed by atoms with Crippen molar-refractivity contribution in [3.63, 3.8) is 0 Å². The second-order valence-corrected chi connectivity index (χ2v) is 6.80. The molecule has 1 aliphatic rings. The molecule has 0 aromatic carbocycles. The first kappa shape index (κ1) is 18.9. The molecule has 0 amide bonds. The summed E-state index contributed by atoms with van der Waals surface area (Å²) in [7, 11) is 2.14. The van der Waals surface area contributed by atoms with E-state index in [1.165, 1.54) is 38.5 Å². The highest BCUT2D eigenvalue weighted by molar-refractivity contribution is 4.97. The zero-order valence-corrected chi connectivity index (χ0v) is 15.1. The summed E-state index contributed by atoms with van der Waals surface area (Å²) in [6.45, 7) is 13.4. The third kappa shape index (κ3) is 5.22. The number of morpholine rings is 1. The van der Waals surface area contributed by atoms with Crippen LogP contribution in [0.1, 0.15) is 66.2 Å². The molecule has 1 aliphatic heterocycles. The fraction of sp³-hybridized carbons (Fsp3) is 1.00. The van der Waals surface area contributed by atoms with E-state index in [-0.39, 0.29) is 5.54 Å². The predicted octanol–water partition coefficient (Wildman–Crippen LogP) is 3.68. The minimum atomic E-state index is 0.248. The highest BCUT2D eigenvalue weighted by atomic mass is 16.5. The molecule has 21 heavy (non-hydrogen) atoms. The fourth-order valence-corrected chi connectivity index (χ4v) is 3.76. The summed E-state index contributed by atoms with van der Waals surface area (Å²) in [6.07, 6.45) is 7.87. The highest BCUT2D eigenvalue weighted by Gasteiger charge is 2.38. The summed E-state index contributed by atoms with van der Waals surface area (Å²) < 4.78 is 5.55. The molecule has 1 heterocycles. The Morgan fingerprint density at radius 1 is 1.19 bits per heavy atom. The van der Waals surface area contributed by atoms with Crippen LogP contribution in [0, 0.1) is 5.92 Å². The number of rotatable bonds is 10. The Morgan fingerprint density at radius 3 is 2.33 bits per heavy atom. The standard InChI is InChI=1S/C18H38N2O/c1-6-9-10-16(7-2)15-17(19-5)18(4,8-3)20-11-13-21-14-12-20/h16-17,19H,6-15H2,1-5H3. The topological polar surface area (TPSA) is 24.5 Å². The molecule has 126 valence electrons. The lowest BCUT2D eigenvalue weighted by atomic mass is 9.80. The Balaban J connectivity index is 2.72. The van der Waals surface area contributed by atoms with Gasteiger partial charge in [0.25, 0.3) is 0 Å². The van der Waals surface area contributed by atoms with Crippen LogP contribution in [0.5, 0.6) is 0 Å². The van der Waals surface area contributed by atoms with E-state index in [1.54, 1.807) is 0 Å². The van der Waals surface area contributed by atoms with E-state index in [1.807, 2.05) is 0 Å².